The van der Waals surface area contributed by atoms with Crippen molar-refractivity contribution < 1.29 is 4.74 Å². The van der Waals surface area contributed by atoms with E-state index in [0.29, 0.717) is 17.6 Å². The Morgan fingerprint density at radius 1 is 1.25 bits per heavy atom. The third kappa shape index (κ3) is 2.98. The minimum atomic E-state index is 0.300. The first-order valence-corrected chi connectivity index (χ1v) is 8.90. The monoisotopic (exact) mass is 387 g/mol. The van der Waals surface area contributed by atoms with E-state index in [9.17, 15) is 0 Å². The van der Waals surface area contributed by atoms with E-state index in [1.165, 1.54) is 22.8 Å². The summed E-state index contributed by atoms with van der Waals surface area (Å²) in [5.74, 6) is 1.04. The predicted octanol–water partition coefficient (Wildman–Crippen LogP) is 4.62. The topological polar surface area (TPSA) is 21.3 Å². The van der Waals surface area contributed by atoms with Crippen LogP contribution in [0.15, 0.2) is 24.3 Å². The van der Waals surface area contributed by atoms with Gasteiger partial charge < -0.3 is 10.1 Å². The molecule has 20 heavy (non-hydrogen) atoms. The maximum atomic E-state index is 6.34. The molecule has 1 saturated carbocycles. The summed E-state index contributed by atoms with van der Waals surface area (Å²) in [4.78, 5) is 0. The SMILES string of the molecule is CCCNC1CC(Oc2ccccc2I)C1(CC)CC. The molecule has 3 heteroatoms. The van der Waals surface area contributed by atoms with Crippen molar-refractivity contribution in [1.82, 2.24) is 5.32 Å². The first kappa shape index (κ1) is 16.1. The fourth-order valence-electron chi connectivity index (χ4n) is 3.41. The standard InChI is InChI=1S/C17H26INO/c1-4-11-19-15-12-16(17(15,5-2)6-3)20-14-10-8-7-9-13(14)18/h7-10,15-16,19H,4-6,11-12H2,1-3H3. The zero-order valence-corrected chi connectivity index (χ0v) is 14.9. The Hall–Kier alpha value is -0.290. The Kier molecular flexibility index (Phi) is 5.73. The normalized spacial score (nSPS) is 24.2. The molecule has 2 rings (SSSR count). The Labute approximate surface area is 136 Å². The van der Waals surface area contributed by atoms with Crippen LogP contribution in [0.25, 0.3) is 0 Å². The Morgan fingerprint density at radius 3 is 2.55 bits per heavy atom. The van der Waals surface area contributed by atoms with E-state index in [4.69, 9.17) is 4.74 Å². The van der Waals surface area contributed by atoms with Crippen molar-refractivity contribution in [2.45, 2.75) is 58.6 Å². The summed E-state index contributed by atoms with van der Waals surface area (Å²) < 4.78 is 7.55. The number of nitrogens with one attached hydrogen (secondary N) is 1. The molecule has 1 aliphatic rings. The minimum absolute atomic E-state index is 0.300. The molecule has 1 N–H and O–H groups in total. The van der Waals surface area contributed by atoms with E-state index in [-0.39, 0.29) is 0 Å². The van der Waals surface area contributed by atoms with Crippen molar-refractivity contribution in [2.75, 3.05) is 6.54 Å². The molecule has 2 nitrogen and oxygen atoms in total. The lowest BCUT2D eigenvalue weighted by Crippen LogP contribution is -2.64. The number of hydrogen-bond donors (Lipinski definition) is 1. The van der Waals surface area contributed by atoms with Gasteiger partial charge in [0, 0.05) is 17.9 Å². The number of ether oxygens (including phenoxy) is 1. The van der Waals surface area contributed by atoms with Crippen LogP contribution in [0.4, 0.5) is 0 Å². The summed E-state index contributed by atoms with van der Waals surface area (Å²) in [5.41, 5.74) is 0.300. The largest absolute Gasteiger partial charge is 0.489 e. The van der Waals surface area contributed by atoms with Crippen LogP contribution < -0.4 is 10.1 Å². The lowest BCUT2D eigenvalue weighted by atomic mass is 9.58. The molecule has 0 radical (unpaired) electrons. The molecule has 0 amide bonds. The van der Waals surface area contributed by atoms with E-state index in [1.54, 1.807) is 0 Å². The number of para-hydroxylation sites is 1. The van der Waals surface area contributed by atoms with Crippen molar-refractivity contribution in [3.8, 4) is 5.75 Å². The average molecular weight is 387 g/mol. The van der Waals surface area contributed by atoms with Gasteiger partial charge >= 0.3 is 0 Å². The highest BCUT2D eigenvalue weighted by molar-refractivity contribution is 14.1. The molecule has 2 atom stereocenters. The van der Waals surface area contributed by atoms with E-state index in [1.807, 2.05) is 0 Å². The quantitative estimate of drug-likeness (QED) is 0.690. The molecule has 1 aliphatic carbocycles. The zero-order chi connectivity index (χ0) is 14.6. The highest BCUT2D eigenvalue weighted by Crippen LogP contribution is 2.49. The van der Waals surface area contributed by atoms with Crippen molar-refractivity contribution in [3.63, 3.8) is 0 Å². The molecule has 112 valence electrons. The molecular weight excluding hydrogens is 361 g/mol. The molecule has 0 heterocycles. The molecule has 1 aromatic rings. The highest BCUT2D eigenvalue weighted by atomic mass is 127. The highest BCUT2D eigenvalue weighted by Gasteiger charge is 2.54. The number of rotatable bonds is 7. The van der Waals surface area contributed by atoms with Gasteiger partial charge in [0.15, 0.2) is 0 Å². The summed E-state index contributed by atoms with van der Waals surface area (Å²) in [6.07, 6.45) is 5.04. The van der Waals surface area contributed by atoms with E-state index in [2.05, 4.69) is 72.9 Å². The third-order valence-corrected chi connectivity index (χ3v) is 5.74. The molecule has 0 saturated heterocycles. The van der Waals surface area contributed by atoms with Gasteiger partial charge in [0.05, 0.1) is 3.57 Å². The van der Waals surface area contributed by atoms with Crippen molar-refractivity contribution in [2.24, 2.45) is 5.41 Å². The molecular formula is C17H26INO. The van der Waals surface area contributed by atoms with Gasteiger partial charge in [0.2, 0.25) is 0 Å². The first-order valence-electron chi connectivity index (χ1n) is 7.82. The zero-order valence-electron chi connectivity index (χ0n) is 12.8. The van der Waals surface area contributed by atoms with Crippen molar-refractivity contribution in [1.29, 1.82) is 0 Å². The van der Waals surface area contributed by atoms with Gasteiger partial charge in [0.25, 0.3) is 0 Å². The van der Waals surface area contributed by atoms with Crippen LogP contribution in [-0.2, 0) is 0 Å². The second-order valence-electron chi connectivity index (χ2n) is 5.72. The number of halogens is 1. The van der Waals surface area contributed by atoms with Gasteiger partial charge in [0.1, 0.15) is 11.9 Å². The van der Waals surface area contributed by atoms with Crippen molar-refractivity contribution in [3.05, 3.63) is 27.8 Å². The third-order valence-electron chi connectivity index (χ3n) is 4.85. The van der Waals surface area contributed by atoms with Crippen LogP contribution in [0.5, 0.6) is 5.75 Å². The Morgan fingerprint density at radius 2 is 1.95 bits per heavy atom. The second kappa shape index (κ2) is 7.12. The van der Waals surface area contributed by atoms with Crippen molar-refractivity contribution >= 4 is 22.6 Å². The fraction of sp³-hybridized carbons (Fsp3) is 0.647. The molecule has 2 unspecified atom stereocenters. The van der Waals surface area contributed by atoms with Gasteiger partial charge in [-0.05, 0) is 60.5 Å². The van der Waals surface area contributed by atoms with E-state index >= 15 is 0 Å². The van der Waals surface area contributed by atoms with Crippen LogP contribution in [0.3, 0.4) is 0 Å². The number of benzene rings is 1. The minimum Gasteiger partial charge on any atom is -0.489 e. The molecule has 0 bridgehead atoms. The summed E-state index contributed by atoms with van der Waals surface area (Å²) >= 11 is 2.36. The van der Waals surface area contributed by atoms with E-state index in [0.717, 1.165) is 18.7 Å². The van der Waals surface area contributed by atoms with Crippen LogP contribution in [0.2, 0.25) is 0 Å². The predicted molar refractivity (Wildman–Crippen MR) is 93.3 cm³/mol. The smallest absolute Gasteiger partial charge is 0.133 e. The van der Waals surface area contributed by atoms with Gasteiger partial charge in [-0.2, -0.15) is 0 Å². The fourth-order valence-corrected chi connectivity index (χ4v) is 3.92. The summed E-state index contributed by atoms with van der Waals surface area (Å²) in [5, 5.41) is 3.71. The van der Waals surface area contributed by atoms with E-state index < -0.39 is 0 Å². The summed E-state index contributed by atoms with van der Waals surface area (Å²) in [6, 6.07) is 8.94. The molecule has 0 aromatic heterocycles. The molecule has 1 aromatic carbocycles. The molecule has 1 fully saturated rings. The average Bonchev–Trinajstić information content (AvgIpc) is 2.45. The maximum absolute atomic E-state index is 6.34. The lowest BCUT2D eigenvalue weighted by Gasteiger charge is -2.55. The number of hydrogen-bond acceptors (Lipinski definition) is 2. The summed E-state index contributed by atoms with van der Waals surface area (Å²) in [7, 11) is 0. The van der Waals surface area contributed by atoms with Gasteiger partial charge in [-0.25, -0.2) is 0 Å². The van der Waals surface area contributed by atoms with Crippen LogP contribution >= 0.6 is 22.6 Å². The lowest BCUT2D eigenvalue weighted by molar-refractivity contribution is -0.0861. The molecule has 0 aliphatic heterocycles. The molecule has 0 spiro atoms. The van der Waals surface area contributed by atoms with Crippen LogP contribution in [0, 0.1) is 8.99 Å². The second-order valence-corrected chi connectivity index (χ2v) is 6.88. The van der Waals surface area contributed by atoms with Crippen LogP contribution in [-0.4, -0.2) is 18.7 Å². The maximum Gasteiger partial charge on any atom is 0.133 e. The first-order chi connectivity index (χ1) is 9.67. The van der Waals surface area contributed by atoms with Gasteiger partial charge in [-0.15, -0.1) is 0 Å². The van der Waals surface area contributed by atoms with Gasteiger partial charge in [-0.3, -0.25) is 0 Å². The van der Waals surface area contributed by atoms with Gasteiger partial charge in [-0.1, -0.05) is 32.9 Å². The van der Waals surface area contributed by atoms with Crippen LogP contribution in [0.1, 0.15) is 46.5 Å². The Balaban J connectivity index is 2.07. The summed E-state index contributed by atoms with van der Waals surface area (Å²) in [6.45, 7) is 7.94. The Bertz CT molecular complexity index is 431.